The van der Waals surface area contributed by atoms with Crippen molar-refractivity contribution < 1.29 is 23.1 Å². The topological polar surface area (TPSA) is 122 Å². The molecule has 2 rings (SSSR count). The lowest BCUT2D eigenvalue weighted by molar-refractivity contribution is 0.0214. The highest BCUT2D eigenvalue weighted by Gasteiger charge is 2.31. The van der Waals surface area contributed by atoms with E-state index < -0.39 is 22.0 Å². The lowest BCUT2D eigenvalue weighted by Gasteiger charge is -2.26. The van der Waals surface area contributed by atoms with Crippen molar-refractivity contribution in [3.05, 3.63) is 17.7 Å². The molecule has 1 aromatic carbocycles. The number of nitrogen functional groups attached to an aromatic ring is 1. The number of nitrogens with one attached hydrogen (secondary N) is 1. The van der Waals surface area contributed by atoms with Gasteiger partial charge in [-0.15, -0.1) is 0 Å². The minimum atomic E-state index is -3.56. The van der Waals surface area contributed by atoms with Crippen LogP contribution in [0.1, 0.15) is 37.0 Å². The van der Waals surface area contributed by atoms with Crippen LogP contribution in [0, 0.1) is 0 Å². The number of benzene rings is 1. The minimum absolute atomic E-state index is 0.0394. The van der Waals surface area contributed by atoms with Crippen LogP contribution in [0.5, 0.6) is 5.75 Å². The van der Waals surface area contributed by atoms with Crippen LogP contribution in [0.2, 0.25) is 0 Å². The van der Waals surface area contributed by atoms with Gasteiger partial charge in [0.25, 0.3) is 5.91 Å². The van der Waals surface area contributed by atoms with Crippen LogP contribution in [0.15, 0.2) is 17.0 Å². The molecule has 1 aliphatic heterocycles. The zero-order valence-corrected chi connectivity index (χ0v) is 16.2. The fourth-order valence-corrected chi connectivity index (χ4v) is 4.28. The number of carbonyl (C=O) groups excluding carboxylic acids is 1. The van der Waals surface area contributed by atoms with Gasteiger partial charge in [-0.2, -0.15) is 0 Å². The molecule has 1 aliphatic rings. The maximum Gasteiger partial charge on any atom is 0.255 e. The van der Waals surface area contributed by atoms with Gasteiger partial charge < -0.3 is 20.9 Å². The Morgan fingerprint density at radius 3 is 2.65 bits per heavy atom. The van der Waals surface area contributed by atoms with Crippen molar-refractivity contribution in [1.82, 2.24) is 10.2 Å². The summed E-state index contributed by atoms with van der Waals surface area (Å²) in [6, 6.07) is 2.66. The van der Waals surface area contributed by atoms with E-state index in [1.807, 2.05) is 11.8 Å². The molecule has 4 N–H and O–H groups in total. The van der Waals surface area contributed by atoms with E-state index in [0.29, 0.717) is 19.5 Å². The normalized spacial score (nSPS) is 20.9. The summed E-state index contributed by atoms with van der Waals surface area (Å²) < 4.78 is 29.6. The predicted molar refractivity (Wildman–Crippen MR) is 98.9 cm³/mol. The van der Waals surface area contributed by atoms with Gasteiger partial charge in [0.2, 0.25) is 0 Å². The van der Waals surface area contributed by atoms with Crippen LogP contribution in [-0.4, -0.2) is 62.6 Å². The summed E-state index contributed by atoms with van der Waals surface area (Å²) in [5.41, 5.74) is 6.00. The standard InChI is InChI=1S/C17H27N3O5S/c1-4-20-11(6-7-16(20)21)10-19-17(22)12-8-15(26(23,24)5-2)13(18)9-14(12)25-3/h8-9,11,16,21H,4-7,10,18H2,1-3H3,(H,19,22)/t11-,16?/m0/s1. The average molecular weight is 385 g/mol. The average Bonchev–Trinajstić information content (AvgIpc) is 2.98. The Bertz CT molecular complexity index is 766. The van der Waals surface area contributed by atoms with E-state index in [9.17, 15) is 18.3 Å². The molecule has 0 aromatic heterocycles. The van der Waals surface area contributed by atoms with Crippen molar-refractivity contribution in [3.8, 4) is 5.75 Å². The lowest BCUT2D eigenvalue weighted by atomic mass is 10.1. The zero-order valence-electron chi connectivity index (χ0n) is 15.4. The summed E-state index contributed by atoms with van der Waals surface area (Å²) in [6.45, 7) is 4.51. The Hall–Kier alpha value is -1.84. The number of likely N-dealkylation sites (N-methyl/N-ethyl adjacent to an activating group) is 1. The first-order valence-electron chi connectivity index (χ1n) is 8.67. The highest BCUT2D eigenvalue weighted by atomic mass is 32.2. The second-order valence-corrected chi connectivity index (χ2v) is 8.49. The molecule has 0 saturated carbocycles. The fraction of sp³-hybridized carbons (Fsp3) is 0.588. The molecule has 8 nitrogen and oxygen atoms in total. The quantitative estimate of drug-likeness (QED) is 0.588. The van der Waals surface area contributed by atoms with Crippen molar-refractivity contribution >= 4 is 21.4 Å². The summed E-state index contributed by atoms with van der Waals surface area (Å²) in [7, 11) is -2.17. The first kappa shape index (κ1) is 20.5. The number of anilines is 1. The summed E-state index contributed by atoms with van der Waals surface area (Å²) in [5.74, 6) is -0.337. The molecule has 1 saturated heterocycles. The molecule has 1 fully saturated rings. The van der Waals surface area contributed by atoms with E-state index in [-0.39, 0.29) is 33.7 Å². The number of hydrogen-bond acceptors (Lipinski definition) is 7. The molecule has 146 valence electrons. The molecule has 1 amide bonds. The van der Waals surface area contributed by atoms with Gasteiger partial charge in [-0.05, 0) is 25.5 Å². The Labute approximate surface area is 154 Å². The molecule has 1 heterocycles. The molecule has 0 bridgehead atoms. The molecule has 0 spiro atoms. The van der Waals surface area contributed by atoms with Gasteiger partial charge in [-0.1, -0.05) is 13.8 Å². The van der Waals surface area contributed by atoms with Gasteiger partial charge >= 0.3 is 0 Å². The highest BCUT2D eigenvalue weighted by molar-refractivity contribution is 7.91. The zero-order chi connectivity index (χ0) is 19.5. The second-order valence-electron chi connectivity index (χ2n) is 6.25. The molecular formula is C17H27N3O5S. The molecule has 2 atom stereocenters. The molecule has 0 aliphatic carbocycles. The van der Waals surface area contributed by atoms with E-state index in [1.165, 1.54) is 26.2 Å². The molecule has 1 unspecified atom stereocenters. The number of amides is 1. The number of ether oxygens (including phenoxy) is 1. The number of rotatable bonds is 7. The third kappa shape index (κ3) is 4.11. The number of nitrogens with zero attached hydrogens (tertiary/aromatic N) is 1. The van der Waals surface area contributed by atoms with E-state index in [0.717, 1.165) is 6.42 Å². The van der Waals surface area contributed by atoms with Gasteiger partial charge in [0.1, 0.15) is 12.0 Å². The fourth-order valence-electron chi connectivity index (χ4n) is 3.26. The van der Waals surface area contributed by atoms with Crippen LogP contribution in [-0.2, 0) is 9.84 Å². The van der Waals surface area contributed by atoms with Crippen LogP contribution in [0.3, 0.4) is 0 Å². The summed E-state index contributed by atoms with van der Waals surface area (Å²) in [6.07, 6.45) is 0.955. The van der Waals surface area contributed by atoms with Crippen LogP contribution in [0.4, 0.5) is 5.69 Å². The van der Waals surface area contributed by atoms with Gasteiger partial charge in [-0.3, -0.25) is 9.69 Å². The Kier molecular flexibility index (Phi) is 6.48. The largest absolute Gasteiger partial charge is 0.496 e. The first-order valence-corrected chi connectivity index (χ1v) is 10.3. The third-order valence-electron chi connectivity index (χ3n) is 4.76. The third-order valence-corrected chi connectivity index (χ3v) is 6.55. The van der Waals surface area contributed by atoms with Gasteiger partial charge in [0, 0.05) is 18.7 Å². The molecule has 9 heteroatoms. The monoisotopic (exact) mass is 385 g/mol. The smallest absolute Gasteiger partial charge is 0.255 e. The minimum Gasteiger partial charge on any atom is -0.496 e. The van der Waals surface area contributed by atoms with Gasteiger partial charge in [0.15, 0.2) is 9.84 Å². The maximum atomic E-state index is 12.6. The SMILES string of the molecule is CCN1C(O)CC[C@H]1CNC(=O)c1cc(S(=O)(=O)CC)c(N)cc1OC. The van der Waals surface area contributed by atoms with Crippen LogP contribution < -0.4 is 15.8 Å². The molecule has 0 radical (unpaired) electrons. The Morgan fingerprint density at radius 2 is 2.08 bits per heavy atom. The molecular weight excluding hydrogens is 358 g/mol. The maximum absolute atomic E-state index is 12.6. The Balaban J connectivity index is 2.23. The number of aliphatic hydroxyl groups is 1. The van der Waals surface area contributed by atoms with E-state index >= 15 is 0 Å². The lowest BCUT2D eigenvalue weighted by Crippen LogP contribution is -2.43. The predicted octanol–water partition coefficient (Wildman–Crippen LogP) is 0.604. The van der Waals surface area contributed by atoms with E-state index in [2.05, 4.69) is 5.32 Å². The van der Waals surface area contributed by atoms with Crippen molar-refractivity contribution in [3.63, 3.8) is 0 Å². The van der Waals surface area contributed by atoms with E-state index in [4.69, 9.17) is 10.5 Å². The van der Waals surface area contributed by atoms with Crippen molar-refractivity contribution in [1.29, 1.82) is 0 Å². The van der Waals surface area contributed by atoms with E-state index in [1.54, 1.807) is 0 Å². The van der Waals surface area contributed by atoms with Gasteiger partial charge in [0.05, 0.1) is 29.0 Å². The number of carbonyl (C=O) groups is 1. The molecule has 26 heavy (non-hydrogen) atoms. The van der Waals surface area contributed by atoms with Crippen molar-refractivity contribution in [2.75, 3.05) is 31.7 Å². The van der Waals surface area contributed by atoms with Gasteiger partial charge in [-0.25, -0.2) is 8.42 Å². The number of likely N-dealkylation sites (tertiary alicyclic amines) is 1. The number of methoxy groups -OCH3 is 1. The highest BCUT2D eigenvalue weighted by Crippen LogP contribution is 2.29. The van der Waals surface area contributed by atoms with Crippen LogP contribution >= 0.6 is 0 Å². The summed E-state index contributed by atoms with van der Waals surface area (Å²) in [5, 5.41) is 12.7. The number of nitrogens with two attached hydrogens (primary N) is 1. The van der Waals surface area contributed by atoms with Crippen molar-refractivity contribution in [2.24, 2.45) is 0 Å². The summed E-state index contributed by atoms with van der Waals surface area (Å²) in [4.78, 5) is 14.5. The molecule has 1 aromatic rings. The van der Waals surface area contributed by atoms with Crippen LogP contribution in [0.25, 0.3) is 0 Å². The number of hydrogen-bond donors (Lipinski definition) is 3. The Morgan fingerprint density at radius 1 is 1.38 bits per heavy atom. The second kappa shape index (κ2) is 8.24. The van der Waals surface area contributed by atoms with Crippen molar-refractivity contribution in [2.45, 2.75) is 43.9 Å². The summed E-state index contributed by atoms with van der Waals surface area (Å²) >= 11 is 0. The number of sulfone groups is 1. The first-order chi connectivity index (χ1) is 12.2. The number of aliphatic hydroxyl groups excluding tert-OH is 1.